The topological polar surface area (TPSA) is 52.0 Å². The van der Waals surface area contributed by atoms with E-state index in [4.69, 9.17) is 4.74 Å². The number of ether oxygens (including phenoxy) is 1. The van der Waals surface area contributed by atoms with Gasteiger partial charge in [-0.3, -0.25) is 0 Å². The summed E-state index contributed by atoms with van der Waals surface area (Å²) in [5.41, 5.74) is 5.76. The second kappa shape index (κ2) is 9.27. The maximum Gasteiger partial charge on any atom is 0.150 e. The predicted molar refractivity (Wildman–Crippen MR) is 131 cm³/mol. The van der Waals surface area contributed by atoms with Crippen LogP contribution >= 0.6 is 0 Å². The largest absolute Gasteiger partial charge is 0.497 e. The molecule has 2 aromatic carbocycles. The van der Waals surface area contributed by atoms with E-state index < -0.39 is 0 Å². The molecule has 1 N–H and O–H groups in total. The van der Waals surface area contributed by atoms with Crippen LogP contribution in [-0.2, 0) is 0 Å². The summed E-state index contributed by atoms with van der Waals surface area (Å²) in [5, 5.41) is 4.65. The van der Waals surface area contributed by atoms with Crippen molar-refractivity contribution in [3.8, 4) is 22.6 Å². The van der Waals surface area contributed by atoms with Crippen molar-refractivity contribution in [3.05, 3.63) is 78.8 Å². The van der Waals surface area contributed by atoms with E-state index in [1.165, 1.54) is 25.7 Å². The number of hydrogen-bond donors (Lipinski definition) is 1. The maximum absolute atomic E-state index is 5.33. The van der Waals surface area contributed by atoms with E-state index in [2.05, 4.69) is 68.5 Å². The van der Waals surface area contributed by atoms with Crippen molar-refractivity contribution in [1.82, 2.24) is 14.5 Å². The number of anilines is 1. The van der Waals surface area contributed by atoms with Crippen LogP contribution in [0.5, 0.6) is 5.75 Å². The third kappa shape index (κ3) is 4.11. The molecule has 0 atom stereocenters. The molecule has 5 nitrogen and oxygen atoms in total. The molecule has 0 fully saturated rings. The van der Waals surface area contributed by atoms with Crippen molar-refractivity contribution in [3.63, 3.8) is 0 Å². The van der Waals surface area contributed by atoms with E-state index in [0.29, 0.717) is 0 Å². The Labute approximate surface area is 188 Å². The zero-order valence-electron chi connectivity index (χ0n) is 18.4. The first-order valence-electron chi connectivity index (χ1n) is 11.3. The predicted octanol–water partition coefficient (Wildman–Crippen LogP) is 6.40. The SMILES string of the molecule is COc1ccc(-n2cc(-c3ccccc3)c3c(NCCC4=CCCCC4)ncnc32)cc1. The first kappa shape index (κ1) is 20.3. The van der Waals surface area contributed by atoms with Gasteiger partial charge >= 0.3 is 0 Å². The van der Waals surface area contributed by atoms with Crippen LogP contribution in [0.25, 0.3) is 27.8 Å². The van der Waals surface area contributed by atoms with Crippen LogP contribution in [0.4, 0.5) is 5.82 Å². The Kier molecular flexibility index (Phi) is 5.88. The second-order valence-electron chi connectivity index (χ2n) is 8.18. The van der Waals surface area contributed by atoms with Crippen LogP contribution in [0.1, 0.15) is 32.1 Å². The number of hydrogen-bond acceptors (Lipinski definition) is 4. The molecule has 0 unspecified atom stereocenters. The lowest BCUT2D eigenvalue weighted by Gasteiger charge is -2.14. The van der Waals surface area contributed by atoms with Crippen LogP contribution in [0.15, 0.2) is 78.8 Å². The van der Waals surface area contributed by atoms with E-state index in [1.54, 1.807) is 19.0 Å². The summed E-state index contributed by atoms with van der Waals surface area (Å²) >= 11 is 0. The van der Waals surface area contributed by atoms with Crippen molar-refractivity contribution in [2.45, 2.75) is 32.1 Å². The summed E-state index contributed by atoms with van der Waals surface area (Å²) < 4.78 is 7.46. The third-order valence-corrected chi connectivity index (χ3v) is 6.14. The summed E-state index contributed by atoms with van der Waals surface area (Å²) in [4.78, 5) is 9.31. The molecule has 2 aromatic heterocycles. The summed E-state index contributed by atoms with van der Waals surface area (Å²) in [6, 6.07) is 18.5. The van der Waals surface area contributed by atoms with Crippen LogP contribution in [0, 0.1) is 0 Å². The zero-order valence-corrected chi connectivity index (χ0v) is 18.4. The fourth-order valence-corrected chi connectivity index (χ4v) is 4.45. The Hall–Kier alpha value is -3.60. The average Bonchev–Trinajstić information content (AvgIpc) is 3.26. The van der Waals surface area contributed by atoms with E-state index in [1.807, 2.05) is 18.2 Å². The second-order valence-corrected chi connectivity index (χ2v) is 8.18. The van der Waals surface area contributed by atoms with Gasteiger partial charge in [0.05, 0.1) is 12.5 Å². The molecule has 0 saturated carbocycles. The van der Waals surface area contributed by atoms with E-state index in [-0.39, 0.29) is 0 Å². The lowest BCUT2D eigenvalue weighted by Crippen LogP contribution is -2.07. The van der Waals surface area contributed by atoms with Gasteiger partial charge in [-0.05, 0) is 61.9 Å². The summed E-state index contributed by atoms with van der Waals surface area (Å²) in [6.07, 6.45) is 12.4. The Balaban J connectivity index is 1.55. The molecule has 5 rings (SSSR count). The summed E-state index contributed by atoms with van der Waals surface area (Å²) in [7, 11) is 1.68. The lowest BCUT2D eigenvalue weighted by molar-refractivity contribution is 0.415. The Morgan fingerprint density at radius 1 is 1.00 bits per heavy atom. The highest BCUT2D eigenvalue weighted by molar-refractivity contribution is 6.02. The number of nitrogens with one attached hydrogen (secondary N) is 1. The smallest absolute Gasteiger partial charge is 0.150 e. The van der Waals surface area contributed by atoms with Crippen molar-refractivity contribution < 1.29 is 4.74 Å². The molecule has 5 heteroatoms. The molecular weight excluding hydrogens is 396 g/mol. The maximum atomic E-state index is 5.33. The van der Waals surface area contributed by atoms with Gasteiger partial charge in [-0.1, -0.05) is 42.0 Å². The molecule has 0 amide bonds. The molecule has 32 heavy (non-hydrogen) atoms. The molecule has 162 valence electrons. The molecule has 0 saturated heterocycles. The Morgan fingerprint density at radius 3 is 2.59 bits per heavy atom. The average molecular weight is 425 g/mol. The van der Waals surface area contributed by atoms with Gasteiger partial charge in [0.1, 0.15) is 17.9 Å². The van der Waals surface area contributed by atoms with Crippen molar-refractivity contribution >= 4 is 16.9 Å². The Morgan fingerprint density at radius 2 is 1.84 bits per heavy atom. The number of nitrogens with zero attached hydrogens (tertiary/aromatic N) is 3. The molecule has 1 aliphatic carbocycles. The van der Waals surface area contributed by atoms with Gasteiger partial charge in [0.25, 0.3) is 0 Å². The highest BCUT2D eigenvalue weighted by atomic mass is 16.5. The molecule has 0 aliphatic heterocycles. The molecule has 4 aromatic rings. The van der Waals surface area contributed by atoms with Gasteiger partial charge in [-0.2, -0.15) is 0 Å². The first-order valence-corrected chi connectivity index (χ1v) is 11.3. The van der Waals surface area contributed by atoms with E-state index in [9.17, 15) is 0 Å². The van der Waals surface area contributed by atoms with E-state index >= 15 is 0 Å². The molecule has 1 aliphatic rings. The number of benzene rings is 2. The highest BCUT2D eigenvalue weighted by Gasteiger charge is 2.17. The van der Waals surface area contributed by atoms with Crippen LogP contribution in [0.3, 0.4) is 0 Å². The van der Waals surface area contributed by atoms with Gasteiger partial charge in [0.15, 0.2) is 5.65 Å². The number of aromatic nitrogens is 3. The van der Waals surface area contributed by atoms with Gasteiger partial charge in [0, 0.05) is 24.0 Å². The van der Waals surface area contributed by atoms with Crippen LogP contribution in [-0.4, -0.2) is 28.2 Å². The molecule has 0 spiro atoms. The first-order chi connectivity index (χ1) is 15.8. The number of methoxy groups -OCH3 is 1. The minimum atomic E-state index is 0.836. The van der Waals surface area contributed by atoms with E-state index in [0.717, 1.165) is 52.4 Å². The van der Waals surface area contributed by atoms with Crippen LogP contribution < -0.4 is 10.1 Å². The van der Waals surface area contributed by atoms with Crippen molar-refractivity contribution in [1.29, 1.82) is 0 Å². The van der Waals surface area contributed by atoms with Crippen molar-refractivity contribution in [2.75, 3.05) is 19.0 Å². The lowest BCUT2D eigenvalue weighted by atomic mass is 9.97. The number of rotatable bonds is 7. The zero-order chi connectivity index (χ0) is 21.8. The number of allylic oxidation sites excluding steroid dienone is 1. The van der Waals surface area contributed by atoms with Crippen LogP contribution in [0.2, 0.25) is 0 Å². The molecular formula is C27H28N4O. The number of fused-ring (bicyclic) bond motifs is 1. The minimum absolute atomic E-state index is 0.836. The molecule has 0 bridgehead atoms. The van der Waals surface area contributed by atoms with Gasteiger partial charge < -0.3 is 14.6 Å². The normalized spacial score (nSPS) is 13.7. The Bertz CT molecular complexity index is 1230. The monoisotopic (exact) mass is 424 g/mol. The molecule has 0 radical (unpaired) electrons. The third-order valence-electron chi connectivity index (χ3n) is 6.14. The minimum Gasteiger partial charge on any atom is -0.497 e. The summed E-state index contributed by atoms with van der Waals surface area (Å²) in [6.45, 7) is 0.875. The van der Waals surface area contributed by atoms with Gasteiger partial charge in [0.2, 0.25) is 0 Å². The summed E-state index contributed by atoms with van der Waals surface area (Å²) in [5.74, 6) is 1.72. The fraction of sp³-hybridized carbons (Fsp3) is 0.259. The van der Waals surface area contributed by atoms with Gasteiger partial charge in [-0.25, -0.2) is 9.97 Å². The molecule has 2 heterocycles. The van der Waals surface area contributed by atoms with Crippen molar-refractivity contribution in [2.24, 2.45) is 0 Å². The standard InChI is InChI=1S/C27H28N4O/c1-32-23-14-12-22(13-15-23)31-18-24(21-10-6-3-7-11-21)25-26(29-19-30-27(25)31)28-17-16-20-8-4-2-5-9-20/h3,6-8,10-15,18-19H,2,4-5,9,16-17H2,1H3,(H,28,29,30). The van der Waals surface area contributed by atoms with Gasteiger partial charge in [-0.15, -0.1) is 0 Å². The quantitative estimate of drug-likeness (QED) is 0.349. The highest BCUT2D eigenvalue weighted by Crippen LogP contribution is 2.35. The fourth-order valence-electron chi connectivity index (χ4n) is 4.45.